The Bertz CT molecular complexity index is 523. The normalized spacial score (nSPS) is 22.6. The zero-order valence-electron chi connectivity index (χ0n) is 11.4. The maximum Gasteiger partial charge on any atom is 0.415 e. The minimum atomic E-state index is -4.50. The highest BCUT2D eigenvalue weighted by molar-refractivity contribution is 5.89. The largest absolute Gasteiger partial charge is 0.463 e. The van der Waals surface area contributed by atoms with Crippen molar-refractivity contribution in [3.8, 4) is 0 Å². The molecule has 0 amide bonds. The van der Waals surface area contributed by atoms with Gasteiger partial charge in [-0.25, -0.2) is 4.79 Å². The van der Waals surface area contributed by atoms with Crippen LogP contribution in [0, 0.1) is 0 Å². The monoisotopic (exact) mass is 300 g/mol. The van der Waals surface area contributed by atoms with Crippen LogP contribution in [0.4, 0.5) is 13.2 Å². The lowest BCUT2D eigenvalue weighted by molar-refractivity contribution is -0.224. The number of hydrogen-bond donors (Lipinski definition) is 0. The lowest BCUT2D eigenvalue weighted by Gasteiger charge is -2.31. The van der Waals surface area contributed by atoms with Crippen molar-refractivity contribution in [2.75, 3.05) is 13.2 Å². The summed E-state index contributed by atoms with van der Waals surface area (Å²) in [6, 6.07) is 8.17. The van der Waals surface area contributed by atoms with Crippen LogP contribution in [0.5, 0.6) is 0 Å². The fraction of sp³-hybridized carbons (Fsp3) is 0.400. The summed E-state index contributed by atoms with van der Waals surface area (Å²) in [6.45, 7) is 1.40. The summed E-state index contributed by atoms with van der Waals surface area (Å²) in [5.74, 6) is -1.70. The molecule has 1 aromatic rings. The Morgan fingerprint density at radius 1 is 1.33 bits per heavy atom. The molecule has 3 nitrogen and oxygen atoms in total. The number of hydrogen-bond acceptors (Lipinski definition) is 3. The molecule has 0 bridgehead atoms. The molecule has 6 heteroatoms. The highest BCUT2D eigenvalue weighted by atomic mass is 19.4. The second-order valence-corrected chi connectivity index (χ2v) is 4.62. The Labute approximate surface area is 120 Å². The van der Waals surface area contributed by atoms with E-state index in [-0.39, 0.29) is 12.2 Å². The van der Waals surface area contributed by atoms with E-state index >= 15 is 0 Å². The predicted octanol–water partition coefficient (Wildman–Crippen LogP) is 3.22. The molecule has 0 unspecified atom stereocenters. The van der Waals surface area contributed by atoms with Gasteiger partial charge in [-0.05, 0) is 12.5 Å². The standard InChI is InChI=1S/C15H15F3O3/c1-2-20-14(19)11-8-12(10-6-4-3-5-7-10)13(21-9-11)15(16,17)18/h3-8,12-13H,2,9H2,1H3/t12-,13+/m0/s1. The van der Waals surface area contributed by atoms with Crippen molar-refractivity contribution in [1.82, 2.24) is 0 Å². The SMILES string of the molecule is CCOC(=O)C1=C[C@@H](c2ccccc2)[C@H](C(F)(F)F)OC1. The molecule has 0 aromatic heterocycles. The topological polar surface area (TPSA) is 35.5 Å². The van der Waals surface area contributed by atoms with Gasteiger partial charge in [-0.15, -0.1) is 0 Å². The summed E-state index contributed by atoms with van der Waals surface area (Å²) in [5, 5.41) is 0. The number of rotatable bonds is 3. The summed E-state index contributed by atoms with van der Waals surface area (Å²) in [7, 11) is 0. The molecule has 2 atom stereocenters. The highest BCUT2D eigenvalue weighted by Crippen LogP contribution is 2.38. The molecule has 21 heavy (non-hydrogen) atoms. The summed E-state index contributed by atoms with van der Waals surface area (Å²) >= 11 is 0. The molecule has 2 rings (SSSR count). The molecule has 0 saturated carbocycles. The van der Waals surface area contributed by atoms with Crippen LogP contribution in [0.3, 0.4) is 0 Å². The van der Waals surface area contributed by atoms with Crippen LogP contribution < -0.4 is 0 Å². The van der Waals surface area contributed by atoms with Gasteiger partial charge in [0.2, 0.25) is 0 Å². The van der Waals surface area contributed by atoms with Crippen molar-refractivity contribution in [2.24, 2.45) is 0 Å². The Morgan fingerprint density at radius 3 is 2.57 bits per heavy atom. The molecular weight excluding hydrogens is 285 g/mol. The fourth-order valence-electron chi connectivity index (χ4n) is 2.23. The third-order valence-electron chi connectivity index (χ3n) is 3.17. The molecule has 0 fully saturated rings. The summed E-state index contributed by atoms with van der Waals surface area (Å²) in [6.07, 6.45) is -5.16. The van der Waals surface area contributed by atoms with Gasteiger partial charge in [0.25, 0.3) is 0 Å². The average molecular weight is 300 g/mol. The quantitative estimate of drug-likeness (QED) is 0.804. The molecule has 0 aliphatic carbocycles. The van der Waals surface area contributed by atoms with E-state index in [0.717, 1.165) is 0 Å². The Morgan fingerprint density at radius 2 is 2.00 bits per heavy atom. The molecule has 0 radical (unpaired) electrons. The highest BCUT2D eigenvalue weighted by Gasteiger charge is 2.47. The lowest BCUT2D eigenvalue weighted by atomic mass is 9.89. The number of halogens is 3. The summed E-state index contributed by atoms with van der Waals surface area (Å²) in [4.78, 5) is 11.7. The first-order valence-corrected chi connectivity index (χ1v) is 6.54. The van der Waals surface area contributed by atoms with Gasteiger partial charge in [0, 0.05) is 5.92 Å². The van der Waals surface area contributed by atoms with Gasteiger partial charge in [-0.3, -0.25) is 0 Å². The Hall–Kier alpha value is -1.82. The van der Waals surface area contributed by atoms with Crippen molar-refractivity contribution in [2.45, 2.75) is 25.1 Å². The molecule has 0 saturated heterocycles. The van der Waals surface area contributed by atoms with Gasteiger partial charge < -0.3 is 9.47 Å². The minimum Gasteiger partial charge on any atom is -0.463 e. The van der Waals surface area contributed by atoms with Gasteiger partial charge >= 0.3 is 12.1 Å². The van der Waals surface area contributed by atoms with Crippen LogP contribution in [0.1, 0.15) is 18.4 Å². The fourth-order valence-corrected chi connectivity index (χ4v) is 2.23. The van der Waals surface area contributed by atoms with Crippen LogP contribution in [0.2, 0.25) is 0 Å². The van der Waals surface area contributed by atoms with Crippen molar-refractivity contribution in [3.63, 3.8) is 0 Å². The molecule has 1 aliphatic heterocycles. The number of esters is 1. The van der Waals surface area contributed by atoms with Crippen LogP contribution in [-0.2, 0) is 14.3 Å². The van der Waals surface area contributed by atoms with Gasteiger partial charge in [0.1, 0.15) is 0 Å². The van der Waals surface area contributed by atoms with E-state index in [4.69, 9.17) is 9.47 Å². The molecule has 0 spiro atoms. The first-order valence-electron chi connectivity index (χ1n) is 6.54. The number of alkyl halides is 3. The van der Waals surface area contributed by atoms with Crippen LogP contribution >= 0.6 is 0 Å². The number of carbonyl (C=O) groups excluding carboxylic acids is 1. The zero-order valence-corrected chi connectivity index (χ0v) is 11.4. The van der Waals surface area contributed by atoms with Gasteiger partial charge in [0.05, 0.1) is 18.8 Å². The van der Waals surface area contributed by atoms with Gasteiger partial charge in [0.15, 0.2) is 6.10 Å². The lowest BCUT2D eigenvalue weighted by Crippen LogP contribution is -2.40. The van der Waals surface area contributed by atoms with E-state index < -0.39 is 30.8 Å². The first-order chi connectivity index (χ1) is 9.93. The second-order valence-electron chi connectivity index (χ2n) is 4.62. The van der Waals surface area contributed by atoms with Crippen LogP contribution in [0.25, 0.3) is 0 Å². The maximum atomic E-state index is 13.1. The second kappa shape index (κ2) is 6.30. The van der Waals surface area contributed by atoms with Crippen molar-refractivity contribution in [3.05, 3.63) is 47.5 Å². The maximum absolute atomic E-state index is 13.1. The van der Waals surface area contributed by atoms with Gasteiger partial charge in [-0.2, -0.15) is 13.2 Å². The van der Waals surface area contributed by atoms with E-state index in [9.17, 15) is 18.0 Å². The predicted molar refractivity (Wildman–Crippen MR) is 69.7 cm³/mol. The van der Waals surface area contributed by atoms with Crippen LogP contribution in [0.15, 0.2) is 42.0 Å². The summed E-state index contributed by atoms with van der Waals surface area (Å²) in [5.41, 5.74) is 0.563. The average Bonchev–Trinajstić information content (AvgIpc) is 2.47. The Kier molecular flexibility index (Phi) is 4.67. The first kappa shape index (κ1) is 15.6. The molecule has 0 N–H and O–H groups in total. The zero-order chi connectivity index (χ0) is 15.5. The van der Waals surface area contributed by atoms with Crippen molar-refractivity contribution < 1.29 is 27.4 Å². The Balaban J connectivity index is 2.35. The third kappa shape index (κ3) is 3.64. The molecule has 1 aromatic carbocycles. The molecule has 114 valence electrons. The van der Waals surface area contributed by atoms with Gasteiger partial charge in [-0.1, -0.05) is 36.4 Å². The molecule has 1 heterocycles. The third-order valence-corrected chi connectivity index (χ3v) is 3.17. The van der Waals surface area contributed by atoms with E-state index in [1.165, 1.54) is 6.08 Å². The van der Waals surface area contributed by atoms with E-state index in [2.05, 4.69) is 0 Å². The van der Waals surface area contributed by atoms with Crippen LogP contribution in [-0.4, -0.2) is 31.5 Å². The van der Waals surface area contributed by atoms with Crippen molar-refractivity contribution >= 4 is 5.97 Å². The van der Waals surface area contributed by atoms with E-state index in [0.29, 0.717) is 5.56 Å². The number of benzene rings is 1. The molecule has 1 aliphatic rings. The summed E-state index contributed by atoms with van der Waals surface area (Å²) < 4.78 is 49.0. The minimum absolute atomic E-state index is 0.117. The van der Waals surface area contributed by atoms with E-state index in [1.54, 1.807) is 37.3 Å². The smallest absolute Gasteiger partial charge is 0.415 e. The number of carbonyl (C=O) groups is 1. The van der Waals surface area contributed by atoms with Crippen molar-refractivity contribution in [1.29, 1.82) is 0 Å². The molecular formula is C15H15F3O3. The number of ether oxygens (including phenoxy) is 2. The van der Waals surface area contributed by atoms with E-state index in [1.807, 2.05) is 0 Å².